The maximum atomic E-state index is 11.2. The van der Waals surface area contributed by atoms with E-state index in [1.54, 1.807) is 18.2 Å². The largest absolute Gasteiger partial charge is 0.477 e. The Balaban J connectivity index is 2.42. The molecule has 2 N–H and O–H groups in total. The smallest absolute Gasteiger partial charge is 0.352 e. The predicted octanol–water partition coefficient (Wildman–Crippen LogP) is 2.44. The summed E-state index contributed by atoms with van der Waals surface area (Å²) in [6.45, 7) is 0. The van der Waals surface area contributed by atoms with Gasteiger partial charge >= 0.3 is 11.9 Å². The molecule has 2 rings (SSSR count). The van der Waals surface area contributed by atoms with Crippen molar-refractivity contribution in [3.63, 3.8) is 0 Å². The summed E-state index contributed by atoms with van der Waals surface area (Å²) < 4.78 is 4.52. The van der Waals surface area contributed by atoms with Gasteiger partial charge in [0.2, 0.25) is 0 Å². The molecule has 0 radical (unpaired) electrons. The molecule has 0 atom stereocenters. The number of aromatic amines is 1. The van der Waals surface area contributed by atoms with Crippen LogP contribution in [-0.2, 0) is 9.53 Å². The number of para-hydroxylation sites is 1. The number of hydrogen-bond donors (Lipinski definition) is 2. The van der Waals surface area contributed by atoms with Crippen LogP contribution >= 0.6 is 0 Å². The molecule has 0 aliphatic heterocycles. The number of rotatable bonds is 4. The summed E-state index contributed by atoms with van der Waals surface area (Å²) in [4.78, 5) is 25.1. The minimum absolute atomic E-state index is 0.106. The molecule has 1 aromatic heterocycles. The van der Waals surface area contributed by atoms with Crippen LogP contribution in [0, 0.1) is 0 Å². The second-order valence-corrected chi connectivity index (χ2v) is 3.95. The zero-order valence-electron chi connectivity index (χ0n) is 10.3. The summed E-state index contributed by atoms with van der Waals surface area (Å²) in [5.74, 6) is -1.40. The Morgan fingerprint density at radius 1 is 1.37 bits per heavy atom. The van der Waals surface area contributed by atoms with E-state index in [0.717, 1.165) is 10.9 Å². The minimum Gasteiger partial charge on any atom is -0.477 e. The van der Waals surface area contributed by atoms with Crippen LogP contribution in [0.5, 0.6) is 0 Å². The maximum absolute atomic E-state index is 11.2. The molecule has 5 nitrogen and oxygen atoms in total. The van der Waals surface area contributed by atoms with Crippen molar-refractivity contribution >= 4 is 28.9 Å². The SMILES string of the molecule is COC(=O)CC=Cc1c(C(=O)O)[nH]c2ccccc12. The molecule has 0 aliphatic carbocycles. The topological polar surface area (TPSA) is 79.4 Å². The van der Waals surface area contributed by atoms with Crippen LogP contribution in [0.15, 0.2) is 30.3 Å². The molecule has 98 valence electrons. The first-order chi connectivity index (χ1) is 9.13. The lowest BCUT2D eigenvalue weighted by Gasteiger charge is -1.95. The van der Waals surface area contributed by atoms with Crippen molar-refractivity contribution < 1.29 is 19.4 Å². The van der Waals surface area contributed by atoms with Gasteiger partial charge in [0.25, 0.3) is 0 Å². The quantitative estimate of drug-likeness (QED) is 0.826. The van der Waals surface area contributed by atoms with Crippen molar-refractivity contribution in [2.75, 3.05) is 7.11 Å². The fraction of sp³-hybridized carbons (Fsp3) is 0.143. The van der Waals surface area contributed by atoms with Gasteiger partial charge < -0.3 is 14.8 Å². The Kier molecular flexibility index (Phi) is 3.66. The Bertz CT molecular complexity index is 655. The second kappa shape index (κ2) is 5.39. The third-order valence-corrected chi connectivity index (χ3v) is 2.76. The van der Waals surface area contributed by atoms with Gasteiger partial charge in [0, 0.05) is 16.5 Å². The second-order valence-electron chi connectivity index (χ2n) is 3.95. The Labute approximate surface area is 109 Å². The van der Waals surface area contributed by atoms with Crippen molar-refractivity contribution in [1.82, 2.24) is 4.98 Å². The number of H-pyrrole nitrogens is 1. The Morgan fingerprint density at radius 3 is 2.79 bits per heavy atom. The normalized spacial score (nSPS) is 11.0. The highest BCUT2D eigenvalue weighted by atomic mass is 16.5. The summed E-state index contributed by atoms with van der Waals surface area (Å²) in [7, 11) is 1.31. The number of carboxylic acid groups (broad SMARTS) is 1. The fourth-order valence-electron chi connectivity index (χ4n) is 1.86. The predicted molar refractivity (Wildman–Crippen MR) is 70.9 cm³/mol. The number of methoxy groups -OCH3 is 1. The van der Waals surface area contributed by atoms with E-state index in [1.807, 2.05) is 18.2 Å². The molecule has 0 spiro atoms. The molecule has 0 aliphatic rings. The number of benzene rings is 1. The first-order valence-electron chi connectivity index (χ1n) is 5.71. The minimum atomic E-state index is -1.03. The lowest BCUT2D eigenvalue weighted by atomic mass is 10.1. The van der Waals surface area contributed by atoms with Crippen LogP contribution in [0.1, 0.15) is 22.5 Å². The molecule has 1 heterocycles. The van der Waals surface area contributed by atoms with E-state index in [0.29, 0.717) is 5.56 Å². The van der Waals surface area contributed by atoms with Gasteiger partial charge in [-0.2, -0.15) is 0 Å². The average molecular weight is 259 g/mol. The van der Waals surface area contributed by atoms with Crippen molar-refractivity contribution in [1.29, 1.82) is 0 Å². The molecule has 2 aromatic rings. The molecule has 0 saturated carbocycles. The van der Waals surface area contributed by atoms with E-state index >= 15 is 0 Å². The number of nitrogens with one attached hydrogen (secondary N) is 1. The van der Waals surface area contributed by atoms with Crippen LogP contribution in [-0.4, -0.2) is 29.1 Å². The number of aromatic nitrogens is 1. The number of carboxylic acids is 1. The molecular weight excluding hydrogens is 246 g/mol. The molecule has 0 fully saturated rings. The van der Waals surface area contributed by atoms with Crippen LogP contribution < -0.4 is 0 Å². The summed E-state index contributed by atoms with van der Waals surface area (Å²) in [6, 6.07) is 7.29. The number of ether oxygens (including phenoxy) is 1. The number of aromatic carboxylic acids is 1. The van der Waals surface area contributed by atoms with Crippen molar-refractivity contribution in [2.24, 2.45) is 0 Å². The maximum Gasteiger partial charge on any atom is 0.352 e. The van der Waals surface area contributed by atoms with E-state index in [4.69, 9.17) is 5.11 Å². The first kappa shape index (κ1) is 12.9. The van der Waals surface area contributed by atoms with E-state index in [1.165, 1.54) is 7.11 Å². The fourth-order valence-corrected chi connectivity index (χ4v) is 1.86. The van der Waals surface area contributed by atoms with Crippen molar-refractivity contribution in [3.8, 4) is 0 Å². The van der Waals surface area contributed by atoms with Crippen LogP contribution in [0.4, 0.5) is 0 Å². The van der Waals surface area contributed by atoms with Crippen LogP contribution in [0.3, 0.4) is 0 Å². The molecule has 0 amide bonds. The van der Waals surface area contributed by atoms with Gasteiger partial charge in [0.1, 0.15) is 5.69 Å². The monoisotopic (exact) mass is 259 g/mol. The summed E-state index contributed by atoms with van der Waals surface area (Å²) in [5, 5.41) is 9.97. The molecule has 1 aromatic carbocycles. The van der Waals surface area contributed by atoms with Crippen LogP contribution in [0.25, 0.3) is 17.0 Å². The first-order valence-corrected chi connectivity index (χ1v) is 5.71. The van der Waals surface area contributed by atoms with E-state index in [-0.39, 0.29) is 18.1 Å². The van der Waals surface area contributed by atoms with Crippen molar-refractivity contribution in [3.05, 3.63) is 41.6 Å². The molecular formula is C14H13NO4. The zero-order valence-corrected chi connectivity index (χ0v) is 10.3. The van der Waals surface area contributed by atoms with Gasteiger partial charge in [0.15, 0.2) is 0 Å². The third kappa shape index (κ3) is 2.65. The number of hydrogen-bond acceptors (Lipinski definition) is 3. The highest BCUT2D eigenvalue weighted by molar-refractivity contribution is 6.01. The molecule has 0 bridgehead atoms. The molecule has 5 heteroatoms. The molecule has 19 heavy (non-hydrogen) atoms. The van der Waals surface area contributed by atoms with Crippen molar-refractivity contribution in [2.45, 2.75) is 6.42 Å². The van der Waals surface area contributed by atoms with Gasteiger partial charge in [-0.15, -0.1) is 0 Å². The summed E-state index contributed by atoms with van der Waals surface area (Å²) in [6.07, 6.45) is 3.32. The highest BCUT2D eigenvalue weighted by Gasteiger charge is 2.14. The Morgan fingerprint density at radius 2 is 2.11 bits per heavy atom. The van der Waals surface area contributed by atoms with Crippen LogP contribution in [0.2, 0.25) is 0 Å². The Hall–Kier alpha value is -2.56. The van der Waals surface area contributed by atoms with Gasteiger partial charge in [-0.3, -0.25) is 4.79 Å². The van der Waals surface area contributed by atoms with Gasteiger partial charge in [-0.1, -0.05) is 30.4 Å². The zero-order chi connectivity index (χ0) is 13.8. The summed E-state index contributed by atoms with van der Waals surface area (Å²) >= 11 is 0. The van der Waals surface area contributed by atoms with Gasteiger partial charge in [0.05, 0.1) is 13.5 Å². The number of carbonyl (C=O) groups is 2. The number of carbonyl (C=O) groups excluding carboxylic acids is 1. The lowest BCUT2D eigenvalue weighted by molar-refractivity contribution is -0.139. The van der Waals surface area contributed by atoms with Gasteiger partial charge in [-0.25, -0.2) is 4.79 Å². The molecule has 0 saturated heterocycles. The van der Waals surface area contributed by atoms with Gasteiger partial charge in [-0.05, 0) is 6.07 Å². The van der Waals surface area contributed by atoms with E-state index in [9.17, 15) is 9.59 Å². The lowest BCUT2D eigenvalue weighted by Crippen LogP contribution is -1.99. The third-order valence-electron chi connectivity index (χ3n) is 2.76. The average Bonchev–Trinajstić information content (AvgIpc) is 2.78. The highest BCUT2D eigenvalue weighted by Crippen LogP contribution is 2.23. The number of fused-ring (bicyclic) bond motifs is 1. The summed E-state index contributed by atoms with van der Waals surface area (Å²) in [5.41, 5.74) is 1.42. The standard InChI is InChI=1S/C14H13NO4/c1-19-12(16)8-4-6-10-9-5-2-3-7-11(9)15-13(10)14(17)18/h2-7,15H,8H2,1H3,(H,17,18). The molecule has 0 unspecified atom stereocenters. The van der Waals surface area contributed by atoms with E-state index < -0.39 is 5.97 Å². The number of esters is 1. The van der Waals surface area contributed by atoms with E-state index in [2.05, 4.69) is 9.72 Å².